The Labute approximate surface area is 148 Å². The van der Waals surface area contributed by atoms with E-state index in [4.69, 9.17) is 4.52 Å². The molecule has 0 saturated heterocycles. The predicted molar refractivity (Wildman–Crippen MR) is 94.7 cm³/mol. The van der Waals surface area contributed by atoms with E-state index in [9.17, 15) is 13.2 Å². The molecule has 0 aliphatic carbocycles. The number of carbonyl (C=O) groups excluding carboxylic acids is 1. The van der Waals surface area contributed by atoms with Gasteiger partial charge in [0, 0.05) is 23.9 Å². The number of rotatable bonds is 6. The highest BCUT2D eigenvalue weighted by atomic mass is 32.2. The van der Waals surface area contributed by atoms with Gasteiger partial charge in [0.1, 0.15) is 0 Å². The molecule has 0 bridgehead atoms. The van der Waals surface area contributed by atoms with Crippen LogP contribution in [0.15, 0.2) is 46.3 Å². The number of hydrogen-bond acceptors (Lipinski definition) is 7. The van der Waals surface area contributed by atoms with Crippen molar-refractivity contribution in [2.24, 2.45) is 0 Å². The fraction of sp³-hybridized carbons (Fsp3) is 0.188. The van der Waals surface area contributed by atoms with Crippen LogP contribution in [0.1, 0.15) is 18.3 Å². The third kappa shape index (κ3) is 4.74. The van der Waals surface area contributed by atoms with E-state index in [1.165, 1.54) is 18.3 Å². The van der Waals surface area contributed by atoms with Gasteiger partial charge < -0.3 is 9.84 Å². The van der Waals surface area contributed by atoms with Crippen LogP contribution in [0.2, 0.25) is 0 Å². The van der Waals surface area contributed by atoms with Crippen LogP contribution in [0, 0.1) is 0 Å². The van der Waals surface area contributed by atoms with E-state index in [0.717, 1.165) is 5.56 Å². The smallest absolute Gasteiger partial charge is 0.223 e. The SMILES string of the molecule is CC(=O)Nc1nc(CS(=O)(=O)Cc2cc(-c3ccccc3)on2)cs1. The molecule has 3 aromatic rings. The van der Waals surface area contributed by atoms with E-state index in [1.807, 2.05) is 30.3 Å². The van der Waals surface area contributed by atoms with Crippen LogP contribution < -0.4 is 5.32 Å². The molecule has 0 fully saturated rings. The lowest BCUT2D eigenvalue weighted by Crippen LogP contribution is -2.09. The van der Waals surface area contributed by atoms with Crippen LogP contribution >= 0.6 is 11.3 Å². The number of nitrogens with zero attached hydrogens (tertiary/aromatic N) is 2. The van der Waals surface area contributed by atoms with Gasteiger partial charge in [-0.1, -0.05) is 35.5 Å². The molecule has 130 valence electrons. The minimum atomic E-state index is -3.46. The summed E-state index contributed by atoms with van der Waals surface area (Å²) in [6.45, 7) is 1.37. The molecule has 0 unspecified atom stereocenters. The second-order valence-corrected chi connectivity index (χ2v) is 8.33. The Hall–Kier alpha value is -2.52. The molecule has 0 aliphatic heterocycles. The van der Waals surface area contributed by atoms with E-state index >= 15 is 0 Å². The number of aromatic nitrogens is 2. The minimum Gasteiger partial charge on any atom is -0.356 e. The zero-order chi connectivity index (χ0) is 17.9. The van der Waals surface area contributed by atoms with Crippen molar-refractivity contribution in [3.05, 3.63) is 53.2 Å². The molecule has 3 rings (SSSR count). The maximum absolute atomic E-state index is 12.3. The second-order valence-electron chi connectivity index (χ2n) is 5.41. The number of nitrogens with one attached hydrogen (secondary N) is 1. The maximum Gasteiger partial charge on any atom is 0.223 e. The molecule has 0 aliphatic rings. The molecule has 0 atom stereocenters. The van der Waals surface area contributed by atoms with E-state index in [2.05, 4.69) is 15.5 Å². The fourth-order valence-electron chi connectivity index (χ4n) is 2.20. The standard InChI is InChI=1S/C16H15N3O4S2/c1-11(20)17-16-18-14(8-24-16)10-25(21,22)9-13-7-15(23-19-13)12-5-3-2-4-6-12/h2-8H,9-10H2,1H3,(H,17,18,20). The number of thiazole rings is 1. The monoisotopic (exact) mass is 377 g/mol. The summed E-state index contributed by atoms with van der Waals surface area (Å²) in [5.74, 6) is -0.195. The van der Waals surface area contributed by atoms with E-state index in [0.29, 0.717) is 22.3 Å². The fourth-order valence-corrected chi connectivity index (χ4v) is 4.35. The van der Waals surface area contributed by atoms with Gasteiger partial charge in [-0.05, 0) is 0 Å². The summed E-state index contributed by atoms with van der Waals surface area (Å²) < 4.78 is 29.9. The number of sulfone groups is 1. The summed E-state index contributed by atoms with van der Waals surface area (Å²) in [5, 5.41) is 8.36. The van der Waals surface area contributed by atoms with Crippen molar-refractivity contribution in [3.63, 3.8) is 0 Å². The van der Waals surface area contributed by atoms with Crippen molar-refractivity contribution in [1.29, 1.82) is 0 Å². The summed E-state index contributed by atoms with van der Waals surface area (Å²) in [7, 11) is -3.46. The molecule has 7 nitrogen and oxygen atoms in total. The molecular formula is C16H15N3O4S2. The molecule has 2 aromatic heterocycles. The maximum atomic E-state index is 12.3. The molecule has 9 heteroatoms. The Bertz CT molecular complexity index is 978. The average molecular weight is 377 g/mol. The Morgan fingerprint density at radius 1 is 1.20 bits per heavy atom. The van der Waals surface area contributed by atoms with Crippen LogP contribution in [-0.4, -0.2) is 24.5 Å². The summed E-state index contributed by atoms with van der Waals surface area (Å²) in [6, 6.07) is 11.0. The minimum absolute atomic E-state index is 0.226. The van der Waals surface area contributed by atoms with Crippen molar-refractivity contribution in [2.75, 3.05) is 5.32 Å². The van der Waals surface area contributed by atoms with Crippen molar-refractivity contribution in [2.45, 2.75) is 18.4 Å². The van der Waals surface area contributed by atoms with Crippen LogP contribution in [0.4, 0.5) is 5.13 Å². The summed E-state index contributed by atoms with van der Waals surface area (Å²) >= 11 is 1.18. The van der Waals surface area contributed by atoms with Gasteiger partial charge in [-0.25, -0.2) is 13.4 Å². The molecule has 0 radical (unpaired) electrons. The second kappa shape index (κ2) is 7.16. The van der Waals surface area contributed by atoms with Gasteiger partial charge in [0.25, 0.3) is 0 Å². The van der Waals surface area contributed by atoms with E-state index in [1.54, 1.807) is 11.4 Å². The lowest BCUT2D eigenvalue weighted by Gasteiger charge is -1.99. The van der Waals surface area contributed by atoms with Gasteiger partial charge in [-0.3, -0.25) is 4.79 Å². The zero-order valence-electron chi connectivity index (χ0n) is 13.3. The quantitative estimate of drug-likeness (QED) is 0.709. The van der Waals surface area contributed by atoms with Gasteiger partial charge >= 0.3 is 0 Å². The molecule has 1 amide bonds. The van der Waals surface area contributed by atoms with Crippen molar-refractivity contribution in [1.82, 2.24) is 10.1 Å². The third-order valence-electron chi connectivity index (χ3n) is 3.19. The first-order chi connectivity index (χ1) is 11.9. The average Bonchev–Trinajstić information content (AvgIpc) is 3.16. The third-order valence-corrected chi connectivity index (χ3v) is 5.47. The first-order valence-corrected chi connectivity index (χ1v) is 10.0. The first kappa shape index (κ1) is 17.3. The lowest BCUT2D eigenvalue weighted by atomic mass is 10.2. The molecule has 0 spiro atoms. The van der Waals surface area contributed by atoms with E-state index in [-0.39, 0.29) is 17.4 Å². The van der Waals surface area contributed by atoms with Gasteiger partial charge in [0.15, 0.2) is 20.7 Å². The van der Waals surface area contributed by atoms with Crippen LogP contribution in [0.5, 0.6) is 0 Å². The number of hydrogen-bond donors (Lipinski definition) is 1. The number of benzene rings is 1. The molecule has 2 heterocycles. The first-order valence-electron chi connectivity index (χ1n) is 7.35. The van der Waals surface area contributed by atoms with E-state index < -0.39 is 9.84 Å². The number of anilines is 1. The zero-order valence-corrected chi connectivity index (χ0v) is 14.9. The van der Waals surface area contributed by atoms with Crippen molar-refractivity contribution in [3.8, 4) is 11.3 Å². The van der Waals surface area contributed by atoms with Crippen molar-refractivity contribution < 1.29 is 17.7 Å². The number of amides is 1. The Kier molecular flexibility index (Phi) is 4.95. The molecule has 0 saturated carbocycles. The highest BCUT2D eigenvalue weighted by Crippen LogP contribution is 2.22. The molecule has 1 N–H and O–H groups in total. The van der Waals surface area contributed by atoms with Crippen LogP contribution in [0.3, 0.4) is 0 Å². The highest BCUT2D eigenvalue weighted by molar-refractivity contribution is 7.89. The Morgan fingerprint density at radius 2 is 1.92 bits per heavy atom. The molecular weight excluding hydrogens is 362 g/mol. The largest absolute Gasteiger partial charge is 0.356 e. The highest BCUT2D eigenvalue weighted by Gasteiger charge is 2.19. The topological polar surface area (TPSA) is 102 Å². The summed E-state index contributed by atoms with van der Waals surface area (Å²) in [4.78, 5) is 15.1. The Balaban J connectivity index is 1.68. The lowest BCUT2D eigenvalue weighted by molar-refractivity contribution is -0.114. The predicted octanol–water partition coefficient (Wildman–Crippen LogP) is 2.87. The van der Waals surface area contributed by atoms with Crippen LogP contribution in [-0.2, 0) is 26.1 Å². The van der Waals surface area contributed by atoms with Gasteiger partial charge in [0.2, 0.25) is 5.91 Å². The summed E-state index contributed by atoms with van der Waals surface area (Å²) in [5.41, 5.74) is 1.56. The van der Waals surface area contributed by atoms with Gasteiger partial charge in [-0.2, -0.15) is 0 Å². The summed E-state index contributed by atoms with van der Waals surface area (Å²) in [6.07, 6.45) is 0. The Morgan fingerprint density at radius 3 is 2.64 bits per heavy atom. The van der Waals surface area contributed by atoms with Crippen LogP contribution in [0.25, 0.3) is 11.3 Å². The number of carbonyl (C=O) groups is 1. The van der Waals surface area contributed by atoms with Gasteiger partial charge in [0.05, 0.1) is 22.9 Å². The molecule has 1 aromatic carbocycles. The normalized spacial score (nSPS) is 11.4. The molecule has 25 heavy (non-hydrogen) atoms. The van der Waals surface area contributed by atoms with Crippen molar-refractivity contribution >= 4 is 32.2 Å². The van der Waals surface area contributed by atoms with Gasteiger partial charge in [-0.15, -0.1) is 11.3 Å².